The summed E-state index contributed by atoms with van der Waals surface area (Å²) >= 11 is 12.2. The van der Waals surface area contributed by atoms with E-state index in [1.54, 1.807) is 18.2 Å². The molecule has 0 saturated carbocycles. The first-order chi connectivity index (χ1) is 11.0. The molecule has 2 N–H and O–H groups in total. The Labute approximate surface area is 147 Å². The molecule has 1 atom stereocenters. The molecule has 6 heteroatoms. The fourth-order valence-corrected chi connectivity index (χ4v) is 4.24. The lowest BCUT2D eigenvalue weighted by molar-refractivity contribution is -0.125. The van der Waals surface area contributed by atoms with Crippen LogP contribution in [0.2, 0.25) is 10.0 Å². The topological polar surface area (TPSA) is 44.4 Å². The van der Waals surface area contributed by atoms with Crippen molar-refractivity contribution in [2.45, 2.75) is 31.8 Å². The van der Waals surface area contributed by atoms with Gasteiger partial charge in [0.25, 0.3) is 0 Å². The predicted molar refractivity (Wildman–Crippen MR) is 93.9 cm³/mol. The second kappa shape index (κ2) is 6.98. The Hall–Kier alpha value is -0.810. The average Bonchev–Trinajstić information content (AvgIpc) is 2.84. The first-order valence-corrected chi connectivity index (χ1v) is 8.87. The summed E-state index contributed by atoms with van der Waals surface area (Å²) in [7, 11) is 2.05. The molecule has 2 fully saturated rings. The molecular formula is C17H23Cl2N3O. The maximum Gasteiger partial charge on any atom is 0.237 e. The number of benzene rings is 1. The Balaban J connectivity index is 1.61. The van der Waals surface area contributed by atoms with Crippen molar-refractivity contribution in [3.63, 3.8) is 0 Å². The van der Waals surface area contributed by atoms with Crippen LogP contribution in [0.25, 0.3) is 0 Å². The van der Waals surface area contributed by atoms with Crippen molar-refractivity contribution in [1.29, 1.82) is 0 Å². The lowest BCUT2D eigenvalue weighted by Crippen LogP contribution is -2.41. The van der Waals surface area contributed by atoms with Gasteiger partial charge in [-0.3, -0.25) is 9.69 Å². The first-order valence-electron chi connectivity index (χ1n) is 8.12. The molecule has 1 spiro atoms. The van der Waals surface area contributed by atoms with Crippen molar-refractivity contribution in [2.24, 2.45) is 5.41 Å². The Kier molecular flexibility index (Phi) is 5.16. The number of amides is 1. The zero-order valence-electron chi connectivity index (χ0n) is 13.4. The molecule has 0 radical (unpaired) electrons. The highest BCUT2D eigenvalue weighted by Gasteiger charge is 2.45. The van der Waals surface area contributed by atoms with Crippen LogP contribution in [0.1, 0.15) is 24.8 Å². The van der Waals surface area contributed by atoms with E-state index in [9.17, 15) is 4.79 Å². The van der Waals surface area contributed by atoms with E-state index in [1.807, 2.05) is 7.05 Å². The van der Waals surface area contributed by atoms with E-state index in [-0.39, 0.29) is 11.9 Å². The molecule has 0 aromatic heterocycles. The Morgan fingerprint density at radius 2 is 2.13 bits per heavy atom. The number of likely N-dealkylation sites (tertiary alicyclic amines) is 1. The highest BCUT2D eigenvalue weighted by Crippen LogP contribution is 2.41. The second-order valence-corrected chi connectivity index (χ2v) is 7.68. The van der Waals surface area contributed by atoms with Gasteiger partial charge in [-0.2, -0.15) is 0 Å². The summed E-state index contributed by atoms with van der Waals surface area (Å²) in [6.45, 7) is 3.53. The third kappa shape index (κ3) is 3.82. The van der Waals surface area contributed by atoms with E-state index >= 15 is 0 Å². The van der Waals surface area contributed by atoms with Gasteiger partial charge in [0.15, 0.2) is 0 Å². The first kappa shape index (κ1) is 17.0. The van der Waals surface area contributed by atoms with E-state index in [1.165, 1.54) is 0 Å². The molecule has 1 aromatic carbocycles. The number of hydrogen-bond acceptors (Lipinski definition) is 3. The Morgan fingerprint density at radius 1 is 1.39 bits per heavy atom. The third-order valence-corrected chi connectivity index (χ3v) is 5.77. The SMILES string of the molecule is CN1CC2(CCNCC2)C[C@H]1C(=O)NCc1cc(Cl)ccc1Cl. The maximum atomic E-state index is 12.6. The van der Waals surface area contributed by atoms with Crippen LogP contribution < -0.4 is 10.6 Å². The van der Waals surface area contributed by atoms with Crippen molar-refractivity contribution in [2.75, 3.05) is 26.7 Å². The predicted octanol–water partition coefficient (Wildman–Crippen LogP) is 2.68. The largest absolute Gasteiger partial charge is 0.351 e. The van der Waals surface area contributed by atoms with Crippen LogP contribution in [0, 0.1) is 5.41 Å². The van der Waals surface area contributed by atoms with Crippen LogP contribution in [-0.4, -0.2) is 43.5 Å². The van der Waals surface area contributed by atoms with Gasteiger partial charge < -0.3 is 10.6 Å². The van der Waals surface area contributed by atoms with Crippen molar-refractivity contribution in [3.05, 3.63) is 33.8 Å². The summed E-state index contributed by atoms with van der Waals surface area (Å²) < 4.78 is 0. The van der Waals surface area contributed by atoms with Crippen LogP contribution >= 0.6 is 23.2 Å². The fourth-order valence-electron chi connectivity index (χ4n) is 3.86. The molecule has 0 aliphatic carbocycles. The van der Waals surface area contributed by atoms with Crippen LogP contribution in [0.15, 0.2) is 18.2 Å². The zero-order chi connectivity index (χ0) is 16.4. The molecule has 1 amide bonds. The molecule has 0 bridgehead atoms. The maximum absolute atomic E-state index is 12.6. The number of carbonyl (C=O) groups is 1. The second-order valence-electron chi connectivity index (χ2n) is 6.84. The highest BCUT2D eigenvalue weighted by atomic mass is 35.5. The summed E-state index contributed by atoms with van der Waals surface area (Å²) in [4.78, 5) is 14.8. The minimum absolute atomic E-state index is 0.0499. The smallest absolute Gasteiger partial charge is 0.237 e. The summed E-state index contributed by atoms with van der Waals surface area (Å²) in [6.07, 6.45) is 3.25. The normalized spacial score (nSPS) is 24.0. The molecule has 3 rings (SSSR count). The van der Waals surface area contributed by atoms with Gasteiger partial charge in [0.05, 0.1) is 6.04 Å². The Morgan fingerprint density at radius 3 is 2.87 bits per heavy atom. The van der Waals surface area contributed by atoms with Crippen LogP contribution in [0.3, 0.4) is 0 Å². The molecule has 23 heavy (non-hydrogen) atoms. The number of carbonyl (C=O) groups excluding carboxylic acids is 1. The van der Waals surface area contributed by atoms with Gasteiger partial charge in [-0.15, -0.1) is 0 Å². The van der Waals surface area contributed by atoms with Gasteiger partial charge in [0, 0.05) is 23.1 Å². The van der Waals surface area contributed by atoms with Gasteiger partial charge >= 0.3 is 0 Å². The fraction of sp³-hybridized carbons (Fsp3) is 0.588. The number of rotatable bonds is 3. The summed E-state index contributed by atoms with van der Waals surface area (Å²) in [5.74, 6) is 0.0824. The van der Waals surface area contributed by atoms with Crippen molar-refractivity contribution < 1.29 is 4.79 Å². The van der Waals surface area contributed by atoms with Gasteiger partial charge in [-0.1, -0.05) is 23.2 Å². The standard InChI is InChI=1S/C17H23Cl2N3O/c1-22-11-17(4-6-20-7-5-17)9-15(22)16(23)21-10-12-8-13(18)2-3-14(12)19/h2-3,8,15,20H,4-7,9-11H2,1H3,(H,21,23)/t15-/m0/s1. The van der Waals surface area contributed by atoms with Crippen LogP contribution in [-0.2, 0) is 11.3 Å². The lowest BCUT2D eigenvalue weighted by atomic mass is 9.77. The molecule has 126 valence electrons. The molecule has 2 aliphatic rings. The Bertz CT molecular complexity index is 587. The summed E-state index contributed by atoms with van der Waals surface area (Å²) in [5.41, 5.74) is 1.15. The molecular weight excluding hydrogens is 333 g/mol. The van der Waals surface area contributed by atoms with E-state index in [4.69, 9.17) is 23.2 Å². The molecule has 4 nitrogen and oxygen atoms in total. The van der Waals surface area contributed by atoms with E-state index in [0.29, 0.717) is 22.0 Å². The van der Waals surface area contributed by atoms with Gasteiger partial charge in [0.2, 0.25) is 5.91 Å². The van der Waals surface area contributed by atoms with Gasteiger partial charge in [-0.25, -0.2) is 0 Å². The molecule has 0 unspecified atom stereocenters. The summed E-state index contributed by atoms with van der Waals surface area (Å²) in [5, 5.41) is 7.69. The van der Waals surface area contributed by atoms with Crippen LogP contribution in [0.4, 0.5) is 0 Å². The number of nitrogens with zero attached hydrogens (tertiary/aromatic N) is 1. The average molecular weight is 356 g/mol. The van der Waals surface area contributed by atoms with Crippen molar-refractivity contribution in [1.82, 2.24) is 15.5 Å². The minimum Gasteiger partial charge on any atom is -0.351 e. The molecule has 1 aromatic rings. The number of nitrogens with one attached hydrogen (secondary N) is 2. The van der Waals surface area contributed by atoms with Crippen molar-refractivity contribution in [3.8, 4) is 0 Å². The zero-order valence-corrected chi connectivity index (χ0v) is 14.9. The number of hydrogen-bond donors (Lipinski definition) is 2. The number of piperidine rings is 1. The molecule has 2 heterocycles. The lowest BCUT2D eigenvalue weighted by Gasteiger charge is -2.33. The third-order valence-electron chi connectivity index (χ3n) is 5.17. The van der Waals surface area contributed by atoms with E-state index in [2.05, 4.69) is 15.5 Å². The van der Waals surface area contributed by atoms with Gasteiger partial charge in [0.1, 0.15) is 0 Å². The van der Waals surface area contributed by atoms with Gasteiger partial charge in [-0.05, 0) is 68.6 Å². The molecule has 2 saturated heterocycles. The summed E-state index contributed by atoms with van der Waals surface area (Å²) in [6, 6.07) is 5.26. The monoisotopic (exact) mass is 355 g/mol. The van der Waals surface area contributed by atoms with Crippen LogP contribution in [0.5, 0.6) is 0 Å². The highest BCUT2D eigenvalue weighted by molar-refractivity contribution is 6.33. The van der Waals surface area contributed by atoms with E-state index < -0.39 is 0 Å². The quantitative estimate of drug-likeness (QED) is 0.875. The minimum atomic E-state index is -0.0499. The van der Waals surface area contributed by atoms with Crippen molar-refractivity contribution >= 4 is 29.1 Å². The number of likely N-dealkylation sites (N-methyl/N-ethyl adjacent to an activating group) is 1. The number of halogens is 2. The molecule has 2 aliphatic heterocycles. The van der Waals surface area contributed by atoms with E-state index in [0.717, 1.165) is 44.5 Å².